The molecule has 0 aliphatic rings. The van der Waals surface area contributed by atoms with Gasteiger partial charge in [0.2, 0.25) is 0 Å². The smallest absolute Gasteiger partial charge is 0.258 e. The van der Waals surface area contributed by atoms with Gasteiger partial charge in [0.05, 0.1) is 23.6 Å². The molecule has 0 saturated carbocycles. The molecule has 0 fully saturated rings. The zero-order chi connectivity index (χ0) is 14.4. The van der Waals surface area contributed by atoms with E-state index in [0.29, 0.717) is 12.2 Å². The fraction of sp³-hybridized carbons (Fsp3) is 0.231. The van der Waals surface area contributed by atoms with E-state index in [1.807, 2.05) is 6.92 Å². The Bertz CT molecular complexity index is 591. The van der Waals surface area contributed by atoms with Crippen molar-refractivity contribution in [2.75, 3.05) is 17.2 Å². The highest BCUT2D eigenvalue weighted by Crippen LogP contribution is 2.16. The summed E-state index contributed by atoms with van der Waals surface area (Å²) in [5.74, 6) is -1.17. The van der Waals surface area contributed by atoms with E-state index in [-0.39, 0.29) is 11.4 Å². The van der Waals surface area contributed by atoms with Gasteiger partial charge >= 0.3 is 0 Å². The minimum absolute atomic E-state index is 0.0730. The quantitative estimate of drug-likeness (QED) is 0.873. The number of nitrogens with zero attached hydrogens (tertiary/aromatic N) is 3. The van der Waals surface area contributed by atoms with Gasteiger partial charge in [0.15, 0.2) is 11.6 Å². The molecule has 2 heterocycles. The molecule has 6 nitrogen and oxygen atoms in total. The SMILES string of the molecule is CCCNc1nccc(C(=O)Nc2cncnc2)c1F. The van der Waals surface area contributed by atoms with Gasteiger partial charge in [0, 0.05) is 12.7 Å². The van der Waals surface area contributed by atoms with Crippen LogP contribution < -0.4 is 10.6 Å². The second-order valence-corrected chi connectivity index (χ2v) is 4.03. The second-order valence-electron chi connectivity index (χ2n) is 4.03. The molecule has 0 bridgehead atoms. The van der Waals surface area contributed by atoms with Crippen molar-refractivity contribution in [3.63, 3.8) is 0 Å². The molecule has 0 aliphatic heterocycles. The van der Waals surface area contributed by atoms with Gasteiger partial charge in [-0.2, -0.15) is 0 Å². The number of amides is 1. The van der Waals surface area contributed by atoms with Crippen LogP contribution in [0, 0.1) is 5.82 Å². The second kappa shape index (κ2) is 6.55. The van der Waals surface area contributed by atoms with Gasteiger partial charge in [-0.3, -0.25) is 4.79 Å². The number of anilines is 2. The molecular weight excluding hydrogens is 261 g/mol. The standard InChI is InChI=1S/C13H14FN5O/c1-2-4-17-12-11(14)10(3-5-18-12)13(20)19-9-6-15-8-16-7-9/h3,5-8H,2,4H2,1H3,(H,17,18)(H,19,20). The number of rotatable bonds is 5. The summed E-state index contributed by atoms with van der Waals surface area (Å²) in [6.07, 6.45) is 6.42. The van der Waals surface area contributed by atoms with Crippen LogP contribution in [0.25, 0.3) is 0 Å². The molecule has 1 amide bonds. The summed E-state index contributed by atoms with van der Waals surface area (Å²) in [6.45, 7) is 2.54. The van der Waals surface area contributed by atoms with E-state index in [1.165, 1.54) is 31.0 Å². The van der Waals surface area contributed by atoms with E-state index in [1.54, 1.807) is 0 Å². The first-order valence-electron chi connectivity index (χ1n) is 6.17. The average molecular weight is 275 g/mol. The summed E-state index contributed by atoms with van der Waals surface area (Å²) < 4.78 is 14.1. The zero-order valence-electron chi connectivity index (χ0n) is 10.9. The summed E-state index contributed by atoms with van der Waals surface area (Å²) in [5.41, 5.74) is 0.319. The van der Waals surface area contributed by atoms with Crippen molar-refractivity contribution in [1.82, 2.24) is 15.0 Å². The summed E-state index contributed by atoms with van der Waals surface area (Å²) in [5, 5.41) is 5.35. The predicted molar refractivity (Wildman–Crippen MR) is 73.0 cm³/mol. The Morgan fingerprint density at radius 3 is 2.80 bits per heavy atom. The van der Waals surface area contributed by atoms with Crippen molar-refractivity contribution in [3.05, 3.63) is 42.4 Å². The van der Waals surface area contributed by atoms with E-state index >= 15 is 0 Å². The van der Waals surface area contributed by atoms with E-state index < -0.39 is 11.7 Å². The maximum atomic E-state index is 14.1. The lowest BCUT2D eigenvalue weighted by atomic mass is 10.2. The molecule has 2 aromatic rings. The molecule has 2 N–H and O–H groups in total. The topological polar surface area (TPSA) is 79.8 Å². The summed E-state index contributed by atoms with van der Waals surface area (Å²) in [6, 6.07) is 1.32. The maximum absolute atomic E-state index is 14.1. The number of carbonyl (C=O) groups excluding carboxylic acids is 1. The largest absolute Gasteiger partial charge is 0.368 e. The monoisotopic (exact) mass is 275 g/mol. The van der Waals surface area contributed by atoms with Crippen molar-refractivity contribution in [1.29, 1.82) is 0 Å². The Hall–Kier alpha value is -2.57. The van der Waals surface area contributed by atoms with Crippen molar-refractivity contribution in [2.24, 2.45) is 0 Å². The normalized spacial score (nSPS) is 10.1. The minimum Gasteiger partial charge on any atom is -0.368 e. The van der Waals surface area contributed by atoms with Gasteiger partial charge in [0.25, 0.3) is 5.91 Å². The van der Waals surface area contributed by atoms with Crippen molar-refractivity contribution >= 4 is 17.4 Å². The van der Waals surface area contributed by atoms with Crippen LogP contribution in [0.4, 0.5) is 15.9 Å². The third-order valence-corrected chi connectivity index (χ3v) is 2.49. The van der Waals surface area contributed by atoms with Gasteiger partial charge in [-0.25, -0.2) is 19.3 Å². The summed E-state index contributed by atoms with van der Waals surface area (Å²) in [7, 11) is 0. The molecule has 0 unspecified atom stereocenters. The molecule has 20 heavy (non-hydrogen) atoms. The van der Waals surface area contributed by atoms with Crippen molar-refractivity contribution < 1.29 is 9.18 Å². The molecule has 0 saturated heterocycles. The highest BCUT2D eigenvalue weighted by Gasteiger charge is 2.16. The minimum atomic E-state index is -0.671. The first kappa shape index (κ1) is 13.9. The fourth-order valence-corrected chi connectivity index (χ4v) is 1.55. The third-order valence-electron chi connectivity index (χ3n) is 2.49. The number of carbonyl (C=O) groups is 1. The fourth-order valence-electron chi connectivity index (χ4n) is 1.55. The van der Waals surface area contributed by atoms with Crippen LogP contribution in [0.3, 0.4) is 0 Å². The predicted octanol–water partition coefficient (Wildman–Crippen LogP) is 2.08. The van der Waals surface area contributed by atoms with Crippen LogP contribution in [0.5, 0.6) is 0 Å². The average Bonchev–Trinajstić information content (AvgIpc) is 2.47. The molecule has 0 aliphatic carbocycles. The number of nitrogens with one attached hydrogen (secondary N) is 2. The molecule has 7 heteroatoms. The van der Waals surface area contributed by atoms with Gasteiger partial charge in [-0.1, -0.05) is 6.92 Å². The Morgan fingerprint density at radius 1 is 1.35 bits per heavy atom. The number of aromatic nitrogens is 3. The van der Waals surface area contributed by atoms with Crippen LogP contribution in [0.1, 0.15) is 23.7 Å². The first-order chi connectivity index (χ1) is 9.72. The molecular formula is C13H14FN5O. The van der Waals surface area contributed by atoms with E-state index in [9.17, 15) is 9.18 Å². The molecule has 0 atom stereocenters. The highest BCUT2D eigenvalue weighted by atomic mass is 19.1. The van der Waals surface area contributed by atoms with Crippen molar-refractivity contribution in [2.45, 2.75) is 13.3 Å². The number of hydrogen-bond acceptors (Lipinski definition) is 5. The van der Waals surface area contributed by atoms with Crippen LogP contribution in [-0.2, 0) is 0 Å². The van der Waals surface area contributed by atoms with E-state index in [2.05, 4.69) is 25.6 Å². The lowest BCUT2D eigenvalue weighted by Gasteiger charge is -2.09. The van der Waals surface area contributed by atoms with Crippen LogP contribution in [0.2, 0.25) is 0 Å². The molecule has 2 rings (SSSR count). The van der Waals surface area contributed by atoms with Crippen LogP contribution >= 0.6 is 0 Å². The van der Waals surface area contributed by atoms with Gasteiger partial charge in [0.1, 0.15) is 6.33 Å². The Balaban J connectivity index is 2.17. The van der Waals surface area contributed by atoms with Crippen molar-refractivity contribution in [3.8, 4) is 0 Å². The van der Waals surface area contributed by atoms with E-state index in [0.717, 1.165) is 6.42 Å². The summed E-state index contributed by atoms with van der Waals surface area (Å²) >= 11 is 0. The van der Waals surface area contributed by atoms with Gasteiger partial charge in [-0.05, 0) is 12.5 Å². The highest BCUT2D eigenvalue weighted by molar-refractivity contribution is 6.04. The molecule has 2 aromatic heterocycles. The number of halogens is 1. The molecule has 0 aromatic carbocycles. The molecule has 0 spiro atoms. The third kappa shape index (κ3) is 3.25. The number of pyridine rings is 1. The lowest BCUT2D eigenvalue weighted by Crippen LogP contribution is -2.16. The Kier molecular flexibility index (Phi) is 4.54. The molecule has 0 radical (unpaired) electrons. The van der Waals surface area contributed by atoms with Crippen LogP contribution in [-0.4, -0.2) is 27.4 Å². The summed E-state index contributed by atoms with van der Waals surface area (Å²) in [4.78, 5) is 23.4. The lowest BCUT2D eigenvalue weighted by molar-refractivity contribution is 0.102. The van der Waals surface area contributed by atoms with Crippen LogP contribution in [0.15, 0.2) is 31.0 Å². The first-order valence-corrected chi connectivity index (χ1v) is 6.17. The Morgan fingerprint density at radius 2 is 2.10 bits per heavy atom. The maximum Gasteiger partial charge on any atom is 0.258 e. The zero-order valence-corrected chi connectivity index (χ0v) is 10.9. The number of hydrogen-bond donors (Lipinski definition) is 2. The van der Waals surface area contributed by atoms with Gasteiger partial charge in [-0.15, -0.1) is 0 Å². The van der Waals surface area contributed by atoms with Gasteiger partial charge < -0.3 is 10.6 Å². The molecule has 104 valence electrons. The van der Waals surface area contributed by atoms with E-state index in [4.69, 9.17) is 0 Å². The Labute approximate surface area is 115 Å².